The molecule has 0 spiro atoms. The molecule has 0 atom stereocenters. The summed E-state index contributed by atoms with van der Waals surface area (Å²) in [6.07, 6.45) is 4.33. The third kappa shape index (κ3) is 1.04. The minimum atomic E-state index is 0.895. The van der Waals surface area contributed by atoms with E-state index in [2.05, 4.69) is 28.3 Å². The lowest BCUT2D eigenvalue weighted by Crippen LogP contribution is -1.82. The Kier molecular flexibility index (Phi) is 1.47. The highest BCUT2D eigenvalue weighted by Gasteiger charge is 1.97. The number of hydrogen-bond donors (Lipinski definition) is 0. The van der Waals surface area contributed by atoms with Crippen LogP contribution in [-0.2, 0) is 0 Å². The molecule has 0 saturated heterocycles. The average molecular weight is 179 g/mol. The first kappa shape index (κ1) is 7.44. The molecule has 1 radical (unpaired) electrons. The van der Waals surface area contributed by atoms with Gasteiger partial charge >= 0.3 is 0 Å². The highest BCUT2D eigenvalue weighted by atomic mass is 14.8. The second kappa shape index (κ2) is 2.77. The minimum Gasteiger partial charge on any atom is -0.252 e. The van der Waals surface area contributed by atoms with Crippen LogP contribution in [-0.4, -0.2) is 9.97 Å². The third-order valence-electron chi connectivity index (χ3n) is 2.29. The number of nitrogens with zero attached hydrogens (tertiary/aromatic N) is 2. The second-order valence-corrected chi connectivity index (χ2v) is 3.19. The molecule has 0 amide bonds. The van der Waals surface area contributed by atoms with Gasteiger partial charge in [0.2, 0.25) is 0 Å². The lowest BCUT2D eigenvalue weighted by Gasteiger charge is -1.99. The van der Waals surface area contributed by atoms with Crippen molar-refractivity contribution in [1.29, 1.82) is 0 Å². The standard InChI is InChI=1S/C12H7N2/c1-2-4-10-8-12-11(7-9(10)3-1)13-5-6-14-12/h1-5,7-8H. The van der Waals surface area contributed by atoms with Gasteiger partial charge in [-0.3, -0.25) is 4.98 Å². The Morgan fingerprint density at radius 2 is 1.64 bits per heavy atom. The van der Waals surface area contributed by atoms with Gasteiger partial charge in [0, 0.05) is 0 Å². The monoisotopic (exact) mass is 179 g/mol. The van der Waals surface area contributed by atoms with Crippen molar-refractivity contribution in [2.45, 2.75) is 0 Å². The maximum absolute atomic E-state index is 4.21. The third-order valence-corrected chi connectivity index (χ3v) is 2.29. The molecule has 0 bridgehead atoms. The quantitative estimate of drug-likeness (QED) is 0.496. The zero-order chi connectivity index (χ0) is 9.38. The van der Waals surface area contributed by atoms with E-state index in [1.807, 2.05) is 24.3 Å². The molecule has 0 fully saturated rings. The van der Waals surface area contributed by atoms with Gasteiger partial charge in [0.05, 0.1) is 17.2 Å². The molecule has 0 aliphatic carbocycles. The predicted octanol–water partition coefficient (Wildman–Crippen LogP) is 2.58. The maximum Gasteiger partial charge on any atom is 0.109 e. The van der Waals surface area contributed by atoms with E-state index in [0.717, 1.165) is 11.0 Å². The topological polar surface area (TPSA) is 25.8 Å². The number of rotatable bonds is 0. The molecule has 0 unspecified atom stereocenters. The first-order valence-electron chi connectivity index (χ1n) is 4.45. The fourth-order valence-corrected chi connectivity index (χ4v) is 1.61. The molecular formula is C12H7N2. The van der Waals surface area contributed by atoms with Gasteiger partial charge < -0.3 is 0 Å². The Balaban J connectivity index is 2.52. The normalized spacial score (nSPS) is 10.9. The van der Waals surface area contributed by atoms with Crippen LogP contribution in [0.2, 0.25) is 0 Å². The molecule has 3 rings (SSSR count). The Labute approximate surface area is 81.2 Å². The van der Waals surface area contributed by atoms with Gasteiger partial charge in [0.15, 0.2) is 0 Å². The Bertz CT molecular complexity index is 497. The van der Waals surface area contributed by atoms with Crippen LogP contribution in [0, 0.1) is 6.20 Å². The van der Waals surface area contributed by atoms with Crippen molar-refractivity contribution in [3.8, 4) is 0 Å². The zero-order valence-electron chi connectivity index (χ0n) is 7.44. The van der Waals surface area contributed by atoms with Crippen LogP contribution in [0.4, 0.5) is 0 Å². The fourth-order valence-electron chi connectivity index (χ4n) is 1.61. The van der Waals surface area contributed by atoms with E-state index in [0.29, 0.717) is 0 Å². The van der Waals surface area contributed by atoms with E-state index in [4.69, 9.17) is 0 Å². The minimum absolute atomic E-state index is 0.895. The summed E-state index contributed by atoms with van der Waals surface area (Å²) < 4.78 is 0. The van der Waals surface area contributed by atoms with Crippen LogP contribution in [0.25, 0.3) is 21.8 Å². The highest BCUT2D eigenvalue weighted by Crippen LogP contribution is 2.18. The van der Waals surface area contributed by atoms with Gasteiger partial charge in [-0.25, -0.2) is 4.98 Å². The second-order valence-electron chi connectivity index (χ2n) is 3.19. The SMILES string of the molecule is [c]1cnc2cc3ccccc3cc2n1. The smallest absolute Gasteiger partial charge is 0.109 e. The summed E-state index contributed by atoms with van der Waals surface area (Å²) in [5.41, 5.74) is 1.81. The average Bonchev–Trinajstić information content (AvgIpc) is 2.26. The maximum atomic E-state index is 4.21. The summed E-state index contributed by atoms with van der Waals surface area (Å²) in [7, 11) is 0. The van der Waals surface area contributed by atoms with Crippen molar-refractivity contribution >= 4 is 21.8 Å². The van der Waals surface area contributed by atoms with Crippen molar-refractivity contribution in [2.75, 3.05) is 0 Å². The molecule has 3 aromatic rings. The molecule has 0 aliphatic heterocycles. The van der Waals surface area contributed by atoms with Gasteiger partial charge in [-0.15, -0.1) is 0 Å². The van der Waals surface area contributed by atoms with Crippen LogP contribution >= 0.6 is 0 Å². The fraction of sp³-hybridized carbons (Fsp3) is 0. The molecular weight excluding hydrogens is 172 g/mol. The van der Waals surface area contributed by atoms with Gasteiger partial charge in [0.25, 0.3) is 0 Å². The molecule has 1 heterocycles. The molecule has 0 N–H and O–H groups in total. The van der Waals surface area contributed by atoms with E-state index in [1.165, 1.54) is 10.8 Å². The molecule has 14 heavy (non-hydrogen) atoms. The predicted molar refractivity (Wildman–Crippen MR) is 55.9 cm³/mol. The van der Waals surface area contributed by atoms with E-state index < -0.39 is 0 Å². The Hall–Kier alpha value is -1.96. The van der Waals surface area contributed by atoms with Crippen molar-refractivity contribution in [3.05, 3.63) is 48.8 Å². The van der Waals surface area contributed by atoms with Crippen molar-refractivity contribution in [2.24, 2.45) is 0 Å². The molecule has 0 saturated carbocycles. The van der Waals surface area contributed by atoms with E-state index in [1.54, 1.807) is 6.20 Å². The van der Waals surface area contributed by atoms with E-state index >= 15 is 0 Å². The van der Waals surface area contributed by atoms with Crippen molar-refractivity contribution in [1.82, 2.24) is 9.97 Å². The summed E-state index contributed by atoms with van der Waals surface area (Å²) in [6.45, 7) is 0. The van der Waals surface area contributed by atoms with E-state index in [-0.39, 0.29) is 0 Å². The van der Waals surface area contributed by atoms with Gasteiger partial charge in [0.1, 0.15) is 6.20 Å². The van der Waals surface area contributed by atoms with Crippen LogP contribution in [0.15, 0.2) is 42.6 Å². The first-order chi connectivity index (χ1) is 6.93. The summed E-state index contributed by atoms with van der Waals surface area (Å²) in [6, 6.07) is 12.3. The Morgan fingerprint density at radius 3 is 2.43 bits per heavy atom. The van der Waals surface area contributed by atoms with Gasteiger partial charge in [-0.1, -0.05) is 24.3 Å². The van der Waals surface area contributed by atoms with E-state index in [9.17, 15) is 0 Å². The summed E-state index contributed by atoms with van der Waals surface area (Å²) in [5, 5.41) is 2.38. The van der Waals surface area contributed by atoms with Gasteiger partial charge in [-0.2, -0.15) is 0 Å². The van der Waals surface area contributed by atoms with Crippen LogP contribution in [0.1, 0.15) is 0 Å². The molecule has 2 heteroatoms. The molecule has 1 aromatic heterocycles. The largest absolute Gasteiger partial charge is 0.252 e. The summed E-state index contributed by atoms with van der Waals surface area (Å²) >= 11 is 0. The number of hydrogen-bond acceptors (Lipinski definition) is 2. The van der Waals surface area contributed by atoms with Crippen molar-refractivity contribution in [3.63, 3.8) is 0 Å². The van der Waals surface area contributed by atoms with Crippen LogP contribution < -0.4 is 0 Å². The molecule has 65 valence electrons. The molecule has 0 aliphatic rings. The number of fused-ring (bicyclic) bond motifs is 2. The number of aromatic nitrogens is 2. The lowest BCUT2D eigenvalue weighted by atomic mass is 10.1. The Morgan fingerprint density at radius 1 is 0.929 bits per heavy atom. The van der Waals surface area contributed by atoms with Crippen LogP contribution in [0.5, 0.6) is 0 Å². The first-order valence-corrected chi connectivity index (χ1v) is 4.45. The zero-order valence-corrected chi connectivity index (χ0v) is 7.44. The highest BCUT2D eigenvalue weighted by molar-refractivity contribution is 5.94. The van der Waals surface area contributed by atoms with Gasteiger partial charge in [-0.05, 0) is 22.9 Å². The lowest BCUT2D eigenvalue weighted by molar-refractivity contribution is 1.28. The van der Waals surface area contributed by atoms with Crippen molar-refractivity contribution < 1.29 is 0 Å². The summed E-state index contributed by atoms with van der Waals surface area (Å²) in [4.78, 5) is 8.36. The number of benzene rings is 2. The van der Waals surface area contributed by atoms with Crippen LogP contribution in [0.3, 0.4) is 0 Å². The molecule has 2 nitrogen and oxygen atoms in total. The molecule has 2 aromatic carbocycles. The summed E-state index contributed by atoms with van der Waals surface area (Å²) in [5.74, 6) is 0.